The molecule has 2 rings (SSSR count). The van der Waals surface area contributed by atoms with Crippen LogP contribution in [-0.4, -0.2) is 69.9 Å². The number of anilines is 1. The van der Waals surface area contributed by atoms with E-state index in [1.165, 1.54) is 89.8 Å². The van der Waals surface area contributed by atoms with Crippen molar-refractivity contribution >= 4 is 30.5 Å². The highest BCUT2D eigenvalue weighted by atomic mass is 31.2. The number of ether oxygens (including phenoxy) is 3. The summed E-state index contributed by atoms with van der Waals surface area (Å²) in [5.74, 6) is -0.203. The van der Waals surface area contributed by atoms with Crippen LogP contribution in [-0.2, 0) is 34.6 Å². The number of rotatable bonds is 29. The minimum absolute atomic E-state index is 0.203. The number of hydrogen-bond donors (Lipinski definition) is 2. The molecule has 3 N–H and O–H groups in total. The average molecular weight is 683 g/mol. The van der Waals surface area contributed by atoms with Crippen LogP contribution in [0.25, 0.3) is 11.2 Å². The molecule has 2 aromatic rings. The molecule has 0 aliphatic carbocycles. The summed E-state index contributed by atoms with van der Waals surface area (Å²) in [4.78, 5) is 24.9. The second kappa shape index (κ2) is 24.1. The lowest BCUT2D eigenvalue weighted by molar-refractivity contribution is -0.149. The lowest BCUT2D eigenvalue weighted by Gasteiger charge is -2.25. The lowest BCUT2D eigenvalue weighted by atomic mass is 10.0. The van der Waals surface area contributed by atoms with Gasteiger partial charge in [-0.3, -0.25) is 9.36 Å². The van der Waals surface area contributed by atoms with Crippen molar-refractivity contribution in [3.8, 4) is 0 Å². The summed E-state index contributed by atoms with van der Waals surface area (Å²) in [6.45, 7) is 11.1. The molecule has 12 nitrogen and oxygen atoms in total. The van der Waals surface area contributed by atoms with Gasteiger partial charge in [0.2, 0.25) is 0 Å². The van der Waals surface area contributed by atoms with E-state index in [1.807, 2.05) is 6.92 Å². The molecule has 0 fully saturated rings. The molecule has 3 atom stereocenters. The van der Waals surface area contributed by atoms with Gasteiger partial charge in [-0.1, -0.05) is 90.4 Å². The fraction of sp³-hybridized carbons (Fsp3) is 0.824. The smallest absolute Gasteiger partial charge is 0.323 e. The molecular formula is C34H63N6O6P. The van der Waals surface area contributed by atoms with Crippen molar-refractivity contribution in [3.05, 3.63) is 12.7 Å². The van der Waals surface area contributed by atoms with Crippen molar-refractivity contribution in [1.29, 1.82) is 0 Å². The third kappa shape index (κ3) is 17.7. The molecular weight excluding hydrogens is 619 g/mol. The Labute approximate surface area is 283 Å². The van der Waals surface area contributed by atoms with Crippen molar-refractivity contribution in [2.45, 2.75) is 156 Å². The Morgan fingerprint density at radius 3 is 2.06 bits per heavy atom. The number of fused-ring (bicyclic) bond motifs is 1. The van der Waals surface area contributed by atoms with Crippen LogP contribution in [0.4, 0.5) is 5.82 Å². The van der Waals surface area contributed by atoms with E-state index in [2.05, 4.69) is 27.0 Å². The number of aromatic nitrogens is 4. The molecule has 0 amide bonds. The molecule has 0 bridgehead atoms. The molecule has 0 spiro atoms. The summed E-state index contributed by atoms with van der Waals surface area (Å²) < 4.78 is 38.5. The lowest BCUT2D eigenvalue weighted by Crippen LogP contribution is -2.36. The molecule has 0 saturated carbocycles. The van der Waals surface area contributed by atoms with Crippen LogP contribution in [0.3, 0.4) is 0 Å². The minimum Gasteiger partial charge on any atom is -0.462 e. The molecule has 1 unspecified atom stereocenters. The van der Waals surface area contributed by atoms with Gasteiger partial charge in [-0.05, 0) is 40.5 Å². The number of nitrogens with one attached hydrogen (secondary N) is 1. The van der Waals surface area contributed by atoms with Gasteiger partial charge in [-0.15, -0.1) is 0 Å². The molecule has 0 saturated heterocycles. The zero-order valence-electron chi connectivity index (χ0n) is 29.8. The normalized spacial score (nSPS) is 14.4. The van der Waals surface area contributed by atoms with Crippen LogP contribution in [0, 0.1) is 0 Å². The quantitative estimate of drug-likeness (QED) is 0.0491. The largest absolute Gasteiger partial charge is 0.462 e. The van der Waals surface area contributed by atoms with Gasteiger partial charge in [0, 0.05) is 13.2 Å². The molecule has 0 aliphatic rings. The fourth-order valence-corrected chi connectivity index (χ4v) is 7.05. The Morgan fingerprint density at radius 1 is 0.851 bits per heavy atom. The van der Waals surface area contributed by atoms with Crippen LogP contribution in [0.15, 0.2) is 12.7 Å². The summed E-state index contributed by atoms with van der Waals surface area (Å²) in [6, 6.07) is -0.837. The van der Waals surface area contributed by atoms with E-state index in [0.717, 1.165) is 6.42 Å². The Balaban J connectivity index is 1.64. The molecule has 0 radical (unpaired) electrons. The SMILES string of the molecule is CCCCCCCCCCCCCCCCOCCCOP(=O)(CO[C@H](C)Cn1cnc2c(N)ncnc21)N[C@@H](C)C(=O)OC(C)C. The molecule has 47 heavy (non-hydrogen) atoms. The van der Waals surface area contributed by atoms with Crippen LogP contribution in [0.5, 0.6) is 0 Å². The van der Waals surface area contributed by atoms with E-state index in [1.54, 1.807) is 31.7 Å². The Morgan fingerprint density at radius 2 is 1.45 bits per heavy atom. The summed E-state index contributed by atoms with van der Waals surface area (Å²) >= 11 is 0. The van der Waals surface area contributed by atoms with Crippen LogP contribution in [0.2, 0.25) is 0 Å². The molecule has 0 aromatic carbocycles. The maximum absolute atomic E-state index is 13.8. The third-order valence-electron chi connectivity index (χ3n) is 7.88. The average Bonchev–Trinajstić information content (AvgIpc) is 3.44. The Kier molecular flexibility index (Phi) is 21.0. The summed E-state index contributed by atoms with van der Waals surface area (Å²) in [7, 11) is -3.56. The molecule has 270 valence electrons. The highest BCUT2D eigenvalue weighted by Crippen LogP contribution is 2.43. The molecule has 0 aliphatic heterocycles. The summed E-state index contributed by atoms with van der Waals surface area (Å²) in [5, 5.41) is 2.85. The number of carbonyl (C=O) groups is 1. The van der Waals surface area contributed by atoms with Gasteiger partial charge in [-0.25, -0.2) is 20.0 Å². The predicted octanol–water partition coefficient (Wildman–Crippen LogP) is 7.80. The van der Waals surface area contributed by atoms with Gasteiger partial charge in [-0.2, -0.15) is 0 Å². The second-order valence-corrected chi connectivity index (χ2v) is 15.0. The van der Waals surface area contributed by atoms with Crippen molar-refractivity contribution in [1.82, 2.24) is 24.6 Å². The first-order chi connectivity index (χ1) is 22.6. The maximum Gasteiger partial charge on any atom is 0.323 e. The van der Waals surface area contributed by atoms with Gasteiger partial charge in [0.05, 0.1) is 31.7 Å². The van der Waals surface area contributed by atoms with Gasteiger partial charge >= 0.3 is 5.97 Å². The van der Waals surface area contributed by atoms with Gasteiger partial charge in [0.15, 0.2) is 11.5 Å². The van der Waals surface area contributed by atoms with E-state index in [4.69, 9.17) is 24.5 Å². The first kappa shape index (κ1) is 41.1. The van der Waals surface area contributed by atoms with Crippen molar-refractivity contribution in [2.75, 3.05) is 31.9 Å². The Bertz CT molecular complexity index is 1170. The van der Waals surface area contributed by atoms with Crippen molar-refractivity contribution < 1.29 is 28.1 Å². The molecule has 2 aromatic heterocycles. The number of nitrogens with two attached hydrogens (primary N) is 1. The molecule has 13 heteroatoms. The van der Waals surface area contributed by atoms with E-state index in [-0.39, 0.29) is 25.2 Å². The Hall–Kier alpha value is -2.11. The minimum atomic E-state index is -3.56. The zero-order valence-corrected chi connectivity index (χ0v) is 30.7. The van der Waals surface area contributed by atoms with E-state index in [9.17, 15) is 9.36 Å². The zero-order chi connectivity index (χ0) is 34.3. The fourth-order valence-electron chi connectivity index (χ4n) is 5.26. The number of carbonyl (C=O) groups excluding carboxylic acids is 1. The van der Waals surface area contributed by atoms with Crippen LogP contribution < -0.4 is 10.8 Å². The van der Waals surface area contributed by atoms with E-state index in [0.29, 0.717) is 43.2 Å². The third-order valence-corrected chi connectivity index (χ3v) is 9.75. The van der Waals surface area contributed by atoms with Crippen molar-refractivity contribution in [2.24, 2.45) is 0 Å². The number of unbranched alkanes of at least 4 members (excludes halogenated alkanes) is 13. The first-order valence-electron chi connectivity index (χ1n) is 18.0. The van der Waals surface area contributed by atoms with Gasteiger partial charge in [0.1, 0.15) is 24.2 Å². The maximum atomic E-state index is 13.8. The molecule has 2 heterocycles. The number of hydrogen-bond acceptors (Lipinski definition) is 10. The monoisotopic (exact) mass is 682 g/mol. The highest BCUT2D eigenvalue weighted by Gasteiger charge is 2.30. The van der Waals surface area contributed by atoms with E-state index < -0.39 is 19.5 Å². The topological polar surface area (TPSA) is 153 Å². The van der Waals surface area contributed by atoms with Gasteiger partial charge in [0.25, 0.3) is 7.52 Å². The van der Waals surface area contributed by atoms with Gasteiger partial charge < -0.3 is 29.0 Å². The predicted molar refractivity (Wildman–Crippen MR) is 188 cm³/mol. The van der Waals surface area contributed by atoms with Crippen LogP contribution in [0.1, 0.15) is 131 Å². The summed E-state index contributed by atoms with van der Waals surface area (Å²) in [6.07, 6.45) is 21.3. The number of imidazole rings is 1. The highest BCUT2D eigenvalue weighted by molar-refractivity contribution is 7.56. The number of nitrogens with zero attached hydrogens (tertiary/aromatic N) is 4. The first-order valence-corrected chi connectivity index (χ1v) is 19.8. The number of nitrogen functional groups attached to an aromatic ring is 1. The van der Waals surface area contributed by atoms with E-state index >= 15 is 0 Å². The standard InChI is InChI=1S/C34H63N6O6P/c1-6-7-8-9-10-11-12-13-14-15-16-17-18-19-21-43-22-20-23-45-47(42,39-30(5)34(41)46-28(2)3)27-44-29(4)24-40-26-38-31-32(35)36-25-37-33(31)40/h25-26,28-30H,6-24,27H2,1-5H3,(H,39,42)(H2,35,36,37)/t29-,30+,47?/m1/s1. The van der Waals surface area contributed by atoms with Crippen molar-refractivity contribution in [3.63, 3.8) is 0 Å². The second-order valence-electron chi connectivity index (χ2n) is 12.8. The van der Waals surface area contributed by atoms with Crippen LogP contribution >= 0.6 is 7.52 Å². The number of esters is 1. The summed E-state index contributed by atoms with van der Waals surface area (Å²) in [5.41, 5.74) is 6.99.